The van der Waals surface area contributed by atoms with Gasteiger partial charge in [-0.25, -0.2) is 52.0 Å². The number of carbonyl (C=O) groups is 14. The van der Waals surface area contributed by atoms with Gasteiger partial charge in [-0.05, 0) is 131 Å². The van der Waals surface area contributed by atoms with Crippen molar-refractivity contribution in [2.75, 3.05) is 62.0 Å². The maximum absolute atomic E-state index is 14.2. The minimum atomic E-state index is -1.39. The number of carboxylic acids is 1. The van der Waals surface area contributed by atoms with E-state index < -0.39 is 90.6 Å². The van der Waals surface area contributed by atoms with Crippen LogP contribution in [0.5, 0.6) is 0 Å². The number of aromatic nitrogens is 8. The third kappa shape index (κ3) is 33.8. The van der Waals surface area contributed by atoms with Crippen LogP contribution in [-0.4, -0.2) is 225 Å². The highest BCUT2D eigenvalue weighted by Crippen LogP contribution is 2.24. The first-order valence-corrected chi connectivity index (χ1v) is 35.8. The van der Waals surface area contributed by atoms with Crippen molar-refractivity contribution in [2.45, 2.75) is 165 Å². The number of hydrogen-bond donors (Lipinski definition) is 4. The van der Waals surface area contributed by atoms with Crippen LogP contribution in [0.3, 0.4) is 0 Å². The molecule has 0 unspecified atom stereocenters. The van der Waals surface area contributed by atoms with Crippen LogP contribution in [-0.2, 0) is 86.4 Å². The van der Waals surface area contributed by atoms with Crippen LogP contribution in [0.25, 0.3) is 0 Å². The molecular formula is C69H87Br3ClF2N13O21. The van der Waals surface area contributed by atoms with Crippen molar-refractivity contribution in [2.24, 2.45) is 4.99 Å². The third-order valence-electron chi connectivity index (χ3n) is 13.5. The predicted octanol–water partition coefficient (Wildman–Crippen LogP) is 8.10. The molecule has 3 aliphatic rings. The van der Waals surface area contributed by atoms with E-state index in [2.05, 4.69) is 94.0 Å². The van der Waals surface area contributed by atoms with Crippen LogP contribution in [0.4, 0.5) is 20.4 Å². The molecule has 4 atom stereocenters. The second kappa shape index (κ2) is 45.9. The molecule has 34 nitrogen and oxygen atoms in total. The van der Waals surface area contributed by atoms with E-state index in [-0.39, 0.29) is 157 Å². The first-order chi connectivity index (χ1) is 50.5. The molecule has 4 N–H and O–H groups in total. The van der Waals surface area contributed by atoms with Crippen molar-refractivity contribution < 1.29 is 109 Å². The zero-order valence-corrected chi connectivity index (χ0v) is 67.7. The maximum Gasteiger partial charge on any atom is 0.356 e. The molecule has 0 aromatic carbocycles. The van der Waals surface area contributed by atoms with Crippen LogP contribution in [0.15, 0.2) is 80.4 Å². The lowest BCUT2D eigenvalue weighted by molar-refractivity contribution is -0.156. The molecule has 109 heavy (non-hydrogen) atoms. The van der Waals surface area contributed by atoms with Crippen molar-refractivity contribution in [3.63, 3.8) is 0 Å². The largest absolute Gasteiger partial charge is 0.480 e. The number of Topliss-reactive ketones (excluding diaryl/α,β-unsaturated/α-hetero) is 4. The molecule has 2 saturated heterocycles. The summed E-state index contributed by atoms with van der Waals surface area (Å²) in [4.78, 5) is 175. The van der Waals surface area contributed by atoms with E-state index in [1.807, 2.05) is 20.8 Å². The fourth-order valence-corrected chi connectivity index (χ4v) is 9.82. The monoisotopic (exact) mass is 1740 g/mol. The molecule has 5 aromatic heterocycles. The van der Waals surface area contributed by atoms with Crippen LogP contribution in [0.2, 0.25) is 0 Å². The van der Waals surface area contributed by atoms with E-state index >= 15 is 0 Å². The summed E-state index contributed by atoms with van der Waals surface area (Å²) in [6, 6.07) is 12.4. The molecule has 0 spiro atoms. The van der Waals surface area contributed by atoms with Crippen molar-refractivity contribution in [1.29, 1.82) is 0 Å². The summed E-state index contributed by atoms with van der Waals surface area (Å²) in [6.45, 7) is 22.4. The molecule has 0 saturated carbocycles. The number of likely N-dealkylation sites (tertiary alicyclic amines) is 1. The summed E-state index contributed by atoms with van der Waals surface area (Å²) in [7, 11) is 0. The lowest BCUT2D eigenvalue weighted by Crippen LogP contribution is -2.45. The predicted molar refractivity (Wildman–Crippen MR) is 400 cm³/mol. The Labute approximate surface area is 657 Å². The van der Waals surface area contributed by atoms with E-state index in [0.29, 0.717) is 32.9 Å². The molecule has 0 aliphatic carbocycles. The molecule has 8 heterocycles. The lowest BCUT2D eigenvalue weighted by atomic mass is 10.2. The number of halogens is 6. The van der Waals surface area contributed by atoms with Gasteiger partial charge >= 0.3 is 41.8 Å². The van der Waals surface area contributed by atoms with Crippen LogP contribution in [0.1, 0.15) is 173 Å². The van der Waals surface area contributed by atoms with Gasteiger partial charge in [0, 0.05) is 65.3 Å². The Morgan fingerprint density at radius 3 is 1.34 bits per heavy atom. The van der Waals surface area contributed by atoms with Gasteiger partial charge in [0.25, 0.3) is 0 Å². The minimum Gasteiger partial charge on any atom is -0.480 e. The fraction of sp³-hybridized carbons (Fsp3) is 0.478. The molecule has 3 amide bonds. The highest BCUT2D eigenvalue weighted by atomic mass is 79.9. The number of allylic oxidation sites excluding steroid dienone is 1. The highest BCUT2D eigenvalue weighted by molar-refractivity contribution is 9.10. The number of carboxylic acid groups (broad SMARTS) is 1. The van der Waals surface area contributed by atoms with Gasteiger partial charge in [0.05, 0.1) is 51.1 Å². The van der Waals surface area contributed by atoms with Crippen LogP contribution >= 0.6 is 60.2 Å². The molecule has 8 rings (SSSR count). The number of aliphatic imine (C=N–C) groups is 1. The van der Waals surface area contributed by atoms with Gasteiger partial charge in [-0.2, -0.15) is 15.3 Å². The maximum atomic E-state index is 14.2. The van der Waals surface area contributed by atoms with E-state index in [1.165, 1.54) is 52.0 Å². The second-order valence-corrected chi connectivity index (χ2v) is 26.9. The summed E-state index contributed by atoms with van der Waals surface area (Å²) in [5.41, 5.74) is -0.150. The molecule has 3 aliphatic heterocycles. The van der Waals surface area contributed by atoms with Crippen LogP contribution < -0.4 is 16.0 Å². The SMILES string of the molecule is CC(C)(C)OC(=O)CBr.CCOC(=O)C1=CC(C(C)=O)=NC1.CCOC(=O)c1cc(C(C)=O)nn1CC(=O)N1C[C@H](F)C[C@H]1C(=O)Nc1cccc(Br)n1.CCOC(=O)c1cc(C(C)=O)nn1CC(=O)O.CCOC(=O)c1cc(C(C)=O)nn1CC(=O)OC(C)(C)C.Cl.O=C(Nc1cccc(Br)n1)[C@@H]1C[C@@H](F)CN1. The average Bonchev–Trinajstić information content (AvgIpc) is 1.71. The molecule has 596 valence electrons. The molecular weight excluding hydrogens is 1660 g/mol. The van der Waals surface area contributed by atoms with Crippen molar-refractivity contribution in [3.8, 4) is 0 Å². The Hall–Kier alpha value is -9.73. The van der Waals surface area contributed by atoms with Gasteiger partial charge in [0.15, 0.2) is 23.1 Å². The number of aliphatic carboxylic acids is 1. The Kier molecular flexibility index (Phi) is 40.2. The number of anilines is 2. The van der Waals surface area contributed by atoms with Gasteiger partial charge < -0.3 is 54.4 Å². The van der Waals surface area contributed by atoms with E-state index in [1.54, 1.807) is 84.9 Å². The normalized spacial score (nSPS) is 15.2. The minimum absolute atomic E-state index is 0. The van der Waals surface area contributed by atoms with Crippen molar-refractivity contribution >= 4 is 160 Å². The number of nitrogens with one attached hydrogen (secondary N) is 3. The standard InChI is InChI=1S/C20H21BrFN5O5.C14H20N2O5.C10H11BrFN3O.C10H12N2O5.C9H11NO3.C6H11BrO2.ClH/c1-3-32-20(31)15-8-13(11(2)28)25-27(15)10-18(29)26-9-12(22)7-14(26)19(30)24-17-6-4-5-16(21)23-17;1-6-20-13(19)11-7-10(9(2)17)15-16(11)8-12(18)21-14(3,4)5;11-8-2-1-3-9(14-8)15-10(16)7-4-6(12)5-13-7;1-3-17-10(16)8-4-7(6(2)13)11-12(8)5-9(14)15;1-3-13-9(12)7-4-8(6(2)11)10-5-7;1-6(2,3)9-5(8)4-7;/h4-6,8,12,14H,3,7,9-10H2,1-2H3,(H,23,24,30);7H,6,8H2,1-5H3;1-3,6-7,13H,4-5H2,(H,14,15,16);4H,3,5H2,1-2H3,(H,14,15);4H,3,5H2,1-2H3;4H2,1-3H3;1H/t12-,14+;;6-,7+;;;;/m1.1..../s1. The molecule has 40 heteroatoms. The molecule has 0 bridgehead atoms. The highest BCUT2D eigenvalue weighted by Gasteiger charge is 2.41. The summed E-state index contributed by atoms with van der Waals surface area (Å²) >= 11 is 9.40. The Bertz CT molecular complexity index is 4150. The number of esters is 6. The Morgan fingerprint density at radius 2 is 0.982 bits per heavy atom. The Morgan fingerprint density at radius 1 is 0.569 bits per heavy atom. The van der Waals surface area contributed by atoms with Gasteiger partial charge in [0.1, 0.15) is 115 Å². The number of nitrogens with zero attached hydrogens (tertiary/aromatic N) is 10. The number of ketones is 4. The van der Waals surface area contributed by atoms with Crippen LogP contribution in [0, 0.1) is 0 Å². The average molecular weight is 1750 g/mol. The number of hydrogen-bond acceptors (Lipinski definition) is 27. The smallest absolute Gasteiger partial charge is 0.356 e. The van der Waals surface area contributed by atoms with Gasteiger partial charge in [-0.3, -0.25) is 52.9 Å². The fourth-order valence-electron chi connectivity index (χ4n) is 9.01. The zero-order chi connectivity index (χ0) is 81.5. The number of amides is 3. The first-order valence-electron chi connectivity index (χ1n) is 33.1. The van der Waals surface area contributed by atoms with Crippen molar-refractivity contribution in [3.05, 3.63) is 110 Å². The number of alkyl halides is 3. The van der Waals surface area contributed by atoms with E-state index in [4.69, 9.17) is 33.5 Å². The molecule has 2 fully saturated rings. The third-order valence-corrected chi connectivity index (χ3v) is 14.8. The summed E-state index contributed by atoms with van der Waals surface area (Å²) in [5, 5.41) is 28.6. The quantitative estimate of drug-likeness (QED) is 0.0158. The van der Waals surface area contributed by atoms with E-state index in [9.17, 15) is 75.9 Å². The first kappa shape index (κ1) is 95.3. The number of carbonyl (C=O) groups excluding carboxylic acids is 13. The van der Waals surface area contributed by atoms with Gasteiger partial charge in [0.2, 0.25) is 17.7 Å². The summed E-state index contributed by atoms with van der Waals surface area (Å²) < 4.78 is 60.7. The number of rotatable bonds is 23. The number of pyridine rings is 2. The summed E-state index contributed by atoms with van der Waals surface area (Å²) in [5.74, 6) is -6.32. The molecule has 5 aromatic rings. The lowest BCUT2D eigenvalue weighted by Gasteiger charge is -2.23. The van der Waals surface area contributed by atoms with E-state index in [0.717, 1.165) is 18.9 Å². The molecule has 0 radical (unpaired) electrons. The van der Waals surface area contributed by atoms with Gasteiger partial charge in [-0.1, -0.05) is 28.1 Å². The zero-order valence-electron chi connectivity index (χ0n) is 62.2. The number of ether oxygens (including phenoxy) is 6. The van der Waals surface area contributed by atoms with Crippen molar-refractivity contribution in [1.82, 2.24) is 49.5 Å². The summed E-state index contributed by atoms with van der Waals surface area (Å²) in [6.07, 6.45) is -0.791. The second-order valence-electron chi connectivity index (χ2n) is 24.8. The topological polar surface area (TPSA) is 446 Å². The van der Waals surface area contributed by atoms with Gasteiger partial charge in [-0.15, -0.1) is 12.4 Å². The Balaban J connectivity index is 0.000000463.